The zero-order valence-electron chi connectivity index (χ0n) is 10.6. The quantitative estimate of drug-likeness (QED) is 0.847. The zero-order valence-corrected chi connectivity index (χ0v) is 10.6. The van der Waals surface area contributed by atoms with E-state index in [0.29, 0.717) is 6.54 Å². The number of benzene rings is 1. The van der Waals surface area contributed by atoms with Crippen LogP contribution in [0, 0.1) is 0 Å². The highest BCUT2D eigenvalue weighted by atomic mass is 16.6. The van der Waals surface area contributed by atoms with E-state index in [-0.39, 0.29) is 0 Å². The second-order valence-corrected chi connectivity index (χ2v) is 4.87. The molecule has 3 N–H and O–H groups in total. The minimum absolute atomic E-state index is 0.442. The first-order chi connectivity index (χ1) is 7.90. The number of anilines is 1. The third-order valence-corrected chi connectivity index (χ3v) is 2.01. The average molecular weight is 236 g/mol. The lowest BCUT2D eigenvalue weighted by Crippen LogP contribution is -2.27. The Morgan fingerprint density at radius 2 is 2.12 bits per heavy atom. The highest BCUT2D eigenvalue weighted by molar-refractivity contribution is 5.84. The van der Waals surface area contributed by atoms with Gasteiger partial charge in [0.1, 0.15) is 5.60 Å². The number of nitrogens with one attached hydrogen (secondary N) is 1. The van der Waals surface area contributed by atoms with Crippen LogP contribution in [0.15, 0.2) is 24.3 Å². The lowest BCUT2D eigenvalue weighted by molar-refractivity contribution is 0.0636. The third kappa shape index (κ3) is 5.36. The van der Waals surface area contributed by atoms with Crippen molar-refractivity contribution in [1.29, 1.82) is 0 Å². The van der Waals surface area contributed by atoms with Gasteiger partial charge in [-0.25, -0.2) is 4.79 Å². The number of rotatable bonds is 3. The first-order valence-corrected chi connectivity index (χ1v) is 5.70. The molecule has 0 saturated heterocycles. The molecule has 94 valence electrons. The van der Waals surface area contributed by atoms with Gasteiger partial charge in [0, 0.05) is 5.69 Å². The fourth-order valence-electron chi connectivity index (χ4n) is 1.39. The molecule has 0 heterocycles. The van der Waals surface area contributed by atoms with Crippen LogP contribution in [0.4, 0.5) is 10.5 Å². The van der Waals surface area contributed by atoms with Gasteiger partial charge in [0.15, 0.2) is 0 Å². The molecule has 0 aliphatic rings. The van der Waals surface area contributed by atoms with Crippen molar-refractivity contribution >= 4 is 11.8 Å². The van der Waals surface area contributed by atoms with Crippen molar-refractivity contribution in [3.05, 3.63) is 29.8 Å². The molecule has 4 nitrogen and oxygen atoms in total. The predicted molar refractivity (Wildman–Crippen MR) is 69.1 cm³/mol. The average Bonchev–Trinajstić information content (AvgIpc) is 2.15. The van der Waals surface area contributed by atoms with Crippen LogP contribution < -0.4 is 11.1 Å². The van der Waals surface area contributed by atoms with Crippen molar-refractivity contribution in [3.8, 4) is 0 Å². The van der Waals surface area contributed by atoms with Crippen molar-refractivity contribution in [3.63, 3.8) is 0 Å². The largest absolute Gasteiger partial charge is 0.444 e. The molecule has 0 bridgehead atoms. The Bertz CT molecular complexity index is 383. The van der Waals surface area contributed by atoms with E-state index in [1.807, 2.05) is 45.0 Å². The molecule has 0 aliphatic carbocycles. The second kappa shape index (κ2) is 5.68. The van der Waals surface area contributed by atoms with Crippen LogP contribution in [0.5, 0.6) is 0 Å². The van der Waals surface area contributed by atoms with Gasteiger partial charge in [-0.15, -0.1) is 0 Å². The van der Waals surface area contributed by atoms with Crippen molar-refractivity contribution in [2.24, 2.45) is 5.73 Å². The molecular weight excluding hydrogens is 216 g/mol. The van der Waals surface area contributed by atoms with Gasteiger partial charge in [-0.2, -0.15) is 0 Å². The number of amides is 1. The standard InChI is InChI=1S/C13H20N2O2/c1-13(2,3)17-12(16)15-11-6-4-5-10(9-11)7-8-14/h4-6,9H,7-8,14H2,1-3H3,(H,15,16). The normalized spacial score (nSPS) is 11.1. The van der Waals surface area contributed by atoms with Crippen LogP contribution >= 0.6 is 0 Å². The minimum atomic E-state index is -0.487. The van der Waals surface area contributed by atoms with Gasteiger partial charge in [0.2, 0.25) is 0 Å². The first-order valence-electron chi connectivity index (χ1n) is 5.70. The number of carbonyl (C=O) groups is 1. The summed E-state index contributed by atoms with van der Waals surface area (Å²) in [5, 5.41) is 2.70. The molecule has 0 spiro atoms. The molecule has 0 aliphatic heterocycles. The summed E-state index contributed by atoms with van der Waals surface area (Å²) in [7, 11) is 0. The summed E-state index contributed by atoms with van der Waals surface area (Å²) in [5.74, 6) is 0. The SMILES string of the molecule is CC(C)(C)OC(=O)Nc1cccc(CCN)c1. The van der Waals surface area contributed by atoms with Gasteiger partial charge in [0.25, 0.3) is 0 Å². The lowest BCUT2D eigenvalue weighted by Gasteiger charge is -2.19. The Morgan fingerprint density at radius 3 is 2.71 bits per heavy atom. The van der Waals surface area contributed by atoms with E-state index >= 15 is 0 Å². The van der Waals surface area contributed by atoms with Crippen LogP contribution in [0.2, 0.25) is 0 Å². The summed E-state index contributed by atoms with van der Waals surface area (Å²) in [5.41, 5.74) is 6.82. The van der Waals surface area contributed by atoms with Gasteiger partial charge >= 0.3 is 6.09 Å². The van der Waals surface area contributed by atoms with E-state index in [2.05, 4.69) is 5.32 Å². The number of hydrogen-bond donors (Lipinski definition) is 2. The molecule has 1 rings (SSSR count). The summed E-state index contributed by atoms with van der Waals surface area (Å²) >= 11 is 0. The highest BCUT2D eigenvalue weighted by Crippen LogP contribution is 2.13. The Hall–Kier alpha value is -1.55. The summed E-state index contributed by atoms with van der Waals surface area (Å²) in [6.45, 7) is 6.09. The predicted octanol–water partition coefficient (Wildman–Crippen LogP) is 2.53. The fourth-order valence-corrected chi connectivity index (χ4v) is 1.39. The van der Waals surface area contributed by atoms with Crippen LogP contribution in [0.1, 0.15) is 26.3 Å². The van der Waals surface area contributed by atoms with Crippen LogP contribution in [-0.4, -0.2) is 18.2 Å². The fraction of sp³-hybridized carbons (Fsp3) is 0.462. The maximum absolute atomic E-state index is 11.5. The van der Waals surface area contributed by atoms with Crippen LogP contribution in [-0.2, 0) is 11.2 Å². The van der Waals surface area contributed by atoms with Gasteiger partial charge in [0.05, 0.1) is 0 Å². The van der Waals surface area contributed by atoms with Crippen molar-refractivity contribution in [2.45, 2.75) is 32.8 Å². The molecule has 0 saturated carbocycles. The molecule has 0 atom stereocenters. The molecule has 4 heteroatoms. The van der Waals surface area contributed by atoms with Gasteiger partial charge in [-0.3, -0.25) is 5.32 Å². The van der Waals surface area contributed by atoms with Crippen LogP contribution in [0.25, 0.3) is 0 Å². The van der Waals surface area contributed by atoms with E-state index in [4.69, 9.17) is 10.5 Å². The molecule has 1 aromatic rings. The first kappa shape index (κ1) is 13.5. The summed E-state index contributed by atoms with van der Waals surface area (Å²) < 4.78 is 5.17. The van der Waals surface area contributed by atoms with E-state index in [0.717, 1.165) is 17.7 Å². The smallest absolute Gasteiger partial charge is 0.412 e. The topological polar surface area (TPSA) is 64.3 Å². The summed E-state index contributed by atoms with van der Waals surface area (Å²) in [6, 6.07) is 7.59. The molecule has 0 fully saturated rings. The number of carbonyl (C=O) groups excluding carboxylic acids is 1. The monoisotopic (exact) mass is 236 g/mol. The van der Waals surface area contributed by atoms with Gasteiger partial charge in [-0.1, -0.05) is 12.1 Å². The number of ether oxygens (including phenoxy) is 1. The Kier molecular flexibility index (Phi) is 4.52. The van der Waals surface area contributed by atoms with Crippen molar-refractivity contribution < 1.29 is 9.53 Å². The van der Waals surface area contributed by atoms with E-state index in [9.17, 15) is 4.79 Å². The lowest BCUT2D eigenvalue weighted by atomic mass is 10.1. The minimum Gasteiger partial charge on any atom is -0.444 e. The molecule has 0 unspecified atom stereocenters. The summed E-state index contributed by atoms with van der Waals surface area (Å²) in [4.78, 5) is 11.5. The Morgan fingerprint density at radius 1 is 1.41 bits per heavy atom. The highest BCUT2D eigenvalue weighted by Gasteiger charge is 2.16. The molecule has 0 aromatic heterocycles. The molecule has 1 aromatic carbocycles. The third-order valence-electron chi connectivity index (χ3n) is 2.01. The molecule has 17 heavy (non-hydrogen) atoms. The number of nitrogens with two attached hydrogens (primary N) is 1. The van der Waals surface area contributed by atoms with Crippen molar-refractivity contribution in [1.82, 2.24) is 0 Å². The van der Waals surface area contributed by atoms with E-state index in [1.54, 1.807) is 0 Å². The van der Waals surface area contributed by atoms with Crippen molar-refractivity contribution in [2.75, 3.05) is 11.9 Å². The summed E-state index contributed by atoms with van der Waals surface area (Å²) in [6.07, 6.45) is 0.353. The zero-order chi connectivity index (χ0) is 12.9. The van der Waals surface area contributed by atoms with Gasteiger partial charge < -0.3 is 10.5 Å². The Labute approximate surface area is 102 Å². The van der Waals surface area contributed by atoms with Crippen LogP contribution in [0.3, 0.4) is 0 Å². The molecular formula is C13H20N2O2. The van der Waals surface area contributed by atoms with Gasteiger partial charge in [-0.05, 0) is 51.4 Å². The molecule has 1 amide bonds. The van der Waals surface area contributed by atoms with E-state index < -0.39 is 11.7 Å². The number of hydrogen-bond acceptors (Lipinski definition) is 3. The maximum Gasteiger partial charge on any atom is 0.412 e. The second-order valence-electron chi connectivity index (χ2n) is 4.87. The molecule has 0 radical (unpaired) electrons. The Balaban J connectivity index is 2.62. The van der Waals surface area contributed by atoms with E-state index in [1.165, 1.54) is 0 Å². The maximum atomic E-state index is 11.5.